The zero-order valence-electron chi connectivity index (χ0n) is 12.9. The lowest BCUT2D eigenvalue weighted by Crippen LogP contribution is -2.00. The summed E-state index contributed by atoms with van der Waals surface area (Å²) in [5, 5.41) is 25.2. The zero-order valence-corrected chi connectivity index (χ0v) is 12.9. The molecule has 3 aromatic rings. The number of anilines is 1. The third-order valence-corrected chi connectivity index (χ3v) is 3.25. The largest absolute Gasteiger partial charge is 0.339 e. The molecular weight excluding hydrogens is 318 g/mol. The van der Waals surface area contributed by atoms with Crippen LogP contribution in [0.3, 0.4) is 0 Å². The SMILES string of the molecule is N#CC(C#N)=NNc1ccccc1Cc1nc(-c2cccnc2)no1. The molecule has 0 saturated carbocycles. The van der Waals surface area contributed by atoms with Crippen molar-refractivity contribution in [3.05, 3.63) is 60.2 Å². The Balaban J connectivity index is 1.80. The van der Waals surface area contributed by atoms with Crippen LogP contribution in [0.1, 0.15) is 11.5 Å². The van der Waals surface area contributed by atoms with E-state index in [2.05, 4.69) is 25.7 Å². The second kappa shape index (κ2) is 7.49. The molecule has 2 heterocycles. The van der Waals surface area contributed by atoms with Gasteiger partial charge in [0.15, 0.2) is 0 Å². The second-order valence-corrected chi connectivity index (χ2v) is 4.88. The second-order valence-electron chi connectivity index (χ2n) is 4.88. The highest BCUT2D eigenvalue weighted by Gasteiger charge is 2.11. The van der Waals surface area contributed by atoms with Gasteiger partial charge in [0.25, 0.3) is 0 Å². The van der Waals surface area contributed by atoms with E-state index in [1.165, 1.54) is 0 Å². The van der Waals surface area contributed by atoms with Gasteiger partial charge in [0.1, 0.15) is 12.1 Å². The number of benzene rings is 1. The number of pyridine rings is 1. The van der Waals surface area contributed by atoms with Crippen molar-refractivity contribution >= 4 is 11.4 Å². The molecule has 8 heteroatoms. The van der Waals surface area contributed by atoms with Gasteiger partial charge in [-0.3, -0.25) is 10.4 Å². The highest BCUT2D eigenvalue weighted by molar-refractivity contribution is 6.10. The number of para-hydroxylation sites is 1. The van der Waals surface area contributed by atoms with E-state index in [-0.39, 0.29) is 5.71 Å². The number of hydrogen-bond acceptors (Lipinski definition) is 8. The van der Waals surface area contributed by atoms with Gasteiger partial charge in [-0.1, -0.05) is 23.4 Å². The van der Waals surface area contributed by atoms with Crippen LogP contribution >= 0.6 is 0 Å². The van der Waals surface area contributed by atoms with Crippen LogP contribution in [0, 0.1) is 22.7 Å². The summed E-state index contributed by atoms with van der Waals surface area (Å²) in [6.45, 7) is 0. The standard InChI is InChI=1S/C17H11N7O/c18-9-14(10-19)22-23-15-6-2-1-4-12(15)8-16-21-17(24-25-16)13-5-3-7-20-11-13/h1-7,11,23H,8H2. The van der Waals surface area contributed by atoms with E-state index in [0.29, 0.717) is 23.8 Å². The summed E-state index contributed by atoms with van der Waals surface area (Å²) in [4.78, 5) is 8.38. The third-order valence-electron chi connectivity index (χ3n) is 3.25. The van der Waals surface area contributed by atoms with Crippen molar-refractivity contribution < 1.29 is 4.52 Å². The molecule has 0 unspecified atom stereocenters. The quantitative estimate of drug-likeness (QED) is 0.563. The van der Waals surface area contributed by atoms with Gasteiger partial charge in [-0.05, 0) is 23.8 Å². The molecule has 0 aliphatic rings. The van der Waals surface area contributed by atoms with Crippen LogP contribution in [0.2, 0.25) is 0 Å². The van der Waals surface area contributed by atoms with Crippen LogP contribution < -0.4 is 5.43 Å². The fourth-order valence-corrected chi connectivity index (χ4v) is 2.08. The van der Waals surface area contributed by atoms with Crippen LogP contribution in [0.4, 0.5) is 5.69 Å². The fourth-order valence-electron chi connectivity index (χ4n) is 2.08. The minimum Gasteiger partial charge on any atom is -0.339 e. The molecule has 0 saturated heterocycles. The first-order valence-electron chi connectivity index (χ1n) is 7.25. The van der Waals surface area contributed by atoms with Crippen molar-refractivity contribution in [2.75, 3.05) is 5.43 Å². The maximum absolute atomic E-state index is 8.74. The fraction of sp³-hybridized carbons (Fsp3) is 0.0588. The number of nitrogens with one attached hydrogen (secondary N) is 1. The van der Waals surface area contributed by atoms with Crippen molar-refractivity contribution in [3.63, 3.8) is 0 Å². The Kier molecular flexibility index (Phi) is 4.74. The zero-order chi connectivity index (χ0) is 17.5. The smallest absolute Gasteiger partial charge is 0.237 e. The summed E-state index contributed by atoms with van der Waals surface area (Å²) in [6, 6.07) is 14.3. The molecule has 0 atom stereocenters. The van der Waals surface area contributed by atoms with E-state index >= 15 is 0 Å². The number of rotatable bonds is 5. The minimum absolute atomic E-state index is 0.258. The van der Waals surface area contributed by atoms with Gasteiger partial charge in [0.05, 0.1) is 12.1 Å². The summed E-state index contributed by atoms with van der Waals surface area (Å²) in [7, 11) is 0. The molecule has 0 radical (unpaired) electrons. The van der Waals surface area contributed by atoms with Crippen molar-refractivity contribution in [2.45, 2.75) is 6.42 Å². The Hall–Kier alpha value is -4.04. The predicted molar refractivity (Wildman–Crippen MR) is 89.1 cm³/mol. The number of nitriles is 2. The maximum Gasteiger partial charge on any atom is 0.237 e. The highest BCUT2D eigenvalue weighted by atomic mass is 16.5. The molecule has 120 valence electrons. The minimum atomic E-state index is -0.258. The maximum atomic E-state index is 8.74. The average molecular weight is 329 g/mol. The molecule has 2 aromatic heterocycles. The molecular formula is C17H11N7O. The van der Waals surface area contributed by atoms with Gasteiger partial charge in [0, 0.05) is 18.0 Å². The highest BCUT2D eigenvalue weighted by Crippen LogP contribution is 2.20. The first-order chi connectivity index (χ1) is 12.3. The monoisotopic (exact) mass is 329 g/mol. The van der Waals surface area contributed by atoms with E-state index in [0.717, 1.165) is 11.1 Å². The lowest BCUT2D eigenvalue weighted by molar-refractivity contribution is 0.386. The Labute approximate surface area is 143 Å². The van der Waals surface area contributed by atoms with Gasteiger partial charge in [-0.2, -0.15) is 20.6 Å². The van der Waals surface area contributed by atoms with Crippen molar-refractivity contribution in [3.8, 4) is 23.5 Å². The summed E-state index contributed by atoms with van der Waals surface area (Å²) in [5.74, 6) is 0.890. The molecule has 0 bridgehead atoms. The topological polar surface area (TPSA) is 124 Å². The lowest BCUT2D eigenvalue weighted by Gasteiger charge is -2.06. The molecule has 3 rings (SSSR count). The van der Waals surface area contributed by atoms with Gasteiger partial charge in [-0.25, -0.2) is 0 Å². The molecule has 1 N–H and O–H groups in total. The van der Waals surface area contributed by atoms with Crippen LogP contribution in [-0.4, -0.2) is 20.8 Å². The molecule has 8 nitrogen and oxygen atoms in total. The molecule has 0 aliphatic heterocycles. The van der Waals surface area contributed by atoms with Crippen molar-refractivity contribution in [1.82, 2.24) is 15.1 Å². The first kappa shape index (κ1) is 15.8. The Bertz CT molecular complexity index is 964. The molecule has 0 fully saturated rings. The average Bonchev–Trinajstić information content (AvgIpc) is 3.13. The van der Waals surface area contributed by atoms with Crippen LogP contribution in [-0.2, 0) is 6.42 Å². The Morgan fingerprint density at radius 2 is 2.00 bits per heavy atom. The molecule has 1 aromatic carbocycles. The Morgan fingerprint density at radius 3 is 2.76 bits per heavy atom. The Morgan fingerprint density at radius 1 is 1.16 bits per heavy atom. The van der Waals surface area contributed by atoms with Crippen molar-refractivity contribution in [1.29, 1.82) is 10.5 Å². The third kappa shape index (κ3) is 3.84. The summed E-state index contributed by atoms with van der Waals surface area (Å²) >= 11 is 0. The van der Waals surface area contributed by atoms with Gasteiger partial charge < -0.3 is 4.52 Å². The van der Waals surface area contributed by atoms with Crippen LogP contribution in [0.15, 0.2) is 58.4 Å². The molecule has 0 aliphatic carbocycles. The van der Waals surface area contributed by atoms with E-state index in [9.17, 15) is 0 Å². The van der Waals surface area contributed by atoms with Gasteiger partial charge >= 0.3 is 0 Å². The van der Waals surface area contributed by atoms with E-state index in [4.69, 9.17) is 15.0 Å². The van der Waals surface area contributed by atoms with Crippen LogP contribution in [0.25, 0.3) is 11.4 Å². The summed E-state index contributed by atoms with van der Waals surface area (Å²) < 4.78 is 5.29. The number of aromatic nitrogens is 3. The van der Waals surface area contributed by atoms with Crippen LogP contribution in [0.5, 0.6) is 0 Å². The van der Waals surface area contributed by atoms with Gasteiger partial charge in [-0.15, -0.1) is 0 Å². The normalized spacial score (nSPS) is 9.68. The van der Waals surface area contributed by atoms with E-state index in [1.807, 2.05) is 24.3 Å². The van der Waals surface area contributed by atoms with E-state index < -0.39 is 0 Å². The lowest BCUT2D eigenvalue weighted by atomic mass is 10.1. The van der Waals surface area contributed by atoms with Gasteiger partial charge in [0.2, 0.25) is 17.4 Å². The predicted octanol–water partition coefficient (Wildman–Crippen LogP) is 2.54. The number of hydrogen-bond donors (Lipinski definition) is 1. The number of nitrogens with zero attached hydrogens (tertiary/aromatic N) is 6. The first-order valence-corrected chi connectivity index (χ1v) is 7.25. The molecule has 0 spiro atoms. The summed E-state index contributed by atoms with van der Waals surface area (Å²) in [5.41, 5.74) is 4.71. The summed E-state index contributed by atoms with van der Waals surface area (Å²) in [6.07, 6.45) is 3.70. The molecule has 25 heavy (non-hydrogen) atoms. The molecule has 0 amide bonds. The van der Waals surface area contributed by atoms with E-state index in [1.54, 1.807) is 36.7 Å². The van der Waals surface area contributed by atoms with Crippen molar-refractivity contribution in [2.24, 2.45) is 5.10 Å². The number of hydrazone groups is 1.